The van der Waals surface area contributed by atoms with Crippen LogP contribution in [0.2, 0.25) is 0 Å². The van der Waals surface area contributed by atoms with Crippen LogP contribution < -0.4 is 5.32 Å². The average Bonchev–Trinajstić information content (AvgIpc) is 2.56. The van der Waals surface area contributed by atoms with E-state index in [4.69, 9.17) is 4.74 Å². The number of hydrogen-bond acceptors (Lipinski definition) is 6. The Kier molecular flexibility index (Phi) is 5.24. The van der Waals surface area contributed by atoms with Crippen LogP contribution in [0.1, 0.15) is 12.5 Å². The molecule has 1 unspecified atom stereocenters. The lowest BCUT2D eigenvalue weighted by Crippen LogP contribution is -2.15. The molecule has 0 aliphatic heterocycles. The second-order valence-corrected chi connectivity index (χ2v) is 5.08. The Labute approximate surface area is 133 Å². The molecule has 7 nitrogen and oxygen atoms in total. The number of carbonyl (C=O) groups is 1. The van der Waals surface area contributed by atoms with E-state index in [0.29, 0.717) is 12.1 Å². The van der Waals surface area contributed by atoms with Gasteiger partial charge in [-0.05, 0) is 30.2 Å². The number of ether oxygens (including phenoxy) is 1. The summed E-state index contributed by atoms with van der Waals surface area (Å²) in [5.41, 5.74) is 1.57. The van der Waals surface area contributed by atoms with Crippen LogP contribution in [0.5, 0.6) is 0 Å². The van der Waals surface area contributed by atoms with Crippen LogP contribution in [0.4, 0.5) is 17.2 Å². The number of methoxy groups -OCH3 is 1. The molecule has 2 rings (SSSR count). The molecule has 1 heterocycles. The highest BCUT2D eigenvalue weighted by atomic mass is 16.6. The van der Waals surface area contributed by atoms with Gasteiger partial charge in [-0.15, -0.1) is 0 Å². The van der Waals surface area contributed by atoms with Gasteiger partial charge in [0.1, 0.15) is 0 Å². The fourth-order valence-corrected chi connectivity index (χ4v) is 2.14. The number of aromatic nitrogens is 1. The predicted molar refractivity (Wildman–Crippen MR) is 85.5 cm³/mol. The fraction of sp³-hybridized carbons (Fsp3) is 0.250. The van der Waals surface area contributed by atoms with Crippen molar-refractivity contribution in [1.29, 1.82) is 0 Å². The van der Waals surface area contributed by atoms with Crippen LogP contribution in [-0.2, 0) is 16.0 Å². The van der Waals surface area contributed by atoms with Gasteiger partial charge >= 0.3 is 11.7 Å². The third-order valence-corrected chi connectivity index (χ3v) is 3.35. The van der Waals surface area contributed by atoms with Crippen molar-refractivity contribution in [3.8, 4) is 0 Å². The minimum Gasteiger partial charge on any atom is -0.469 e. The topological polar surface area (TPSA) is 94.4 Å². The van der Waals surface area contributed by atoms with E-state index in [1.54, 1.807) is 19.1 Å². The standard InChI is InChI=1S/C16H17N3O4/c1-11(16(20)23-2)10-12-5-7-13(8-6-12)18-15-14(19(21)22)4-3-9-17-15/h3-9,11H,10H2,1-2H3,(H,17,18). The van der Waals surface area contributed by atoms with Crippen molar-refractivity contribution in [2.45, 2.75) is 13.3 Å². The van der Waals surface area contributed by atoms with Gasteiger partial charge < -0.3 is 10.1 Å². The highest BCUT2D eigenvalue weighted by Crippen LogP contribution is 2.25. The van der Waals surface area contributed by atoms with Crippen molar-refractivity contribution in [3.63, 3.8) is 0 Å². The smallest absolute Gasteiger partial charge is 0.311 e. The summed E-state index contributed by atoms with van der Waals surface area (Å²) < 4.78 is 4.70. The van der Waals surface area contributed by atoms with Crippen LogP contribution in [0, 0.1) is 16.0 Å². The average molecular weight is 315 g/mol. The predicted octanol–water partition coefficient (Wildman–Crippen LogP) is 3.09. The third-order valence-electron chi connectivity index (χ3n) is 3.35. The molecule has 0 aliphatic carbocycles. The Bertz CT molecular complexity index is 701. The summed E-state index contributed by atoms with van der Waals surface area (Å²) in [6, 6.07) is 10.2. The lowest BCUT2D eigenvalue weighted by Gasteiger charge is -2.10. The minimum absolute atomic E-state index is 0.0871. The number of nitrogens with zero attached hydrogens (tertiary/aromatic N) is 2. The molecule has 0 radical (unpaired) electrons. The molecule has 1 aromatic carbocycles. The Morgan fingerprint density at radius 3 is 2.65 bits per heavy atom. The Morgan fingerprint density at radius 2 is 2.04 bits per heavy atom. The molecular weight excluding hydrogens is 298 g/mol. The van der Waals surface area contributed by atoms with E-state index >= 15 is 0 Å². The Balaban J connectivity index is 2.09. The van der Waals surface area contributed by atoms with Gasteiger partial charge in [0, 0.05) is 18.0 Å². The molecule has 0 saturated carbocycles. The maximum Gasteiger partial charge on any atom is 0.311 e. The number of anilines is 2. The zero-order chi connectivity index (χ0) is 16.8. The maximum absolute atomic E-state index is 11.4. The molecule has 2 aromatic rings. The lowest BCUT2D eigenvalue weighted by molar-refractivity contribution is -0.384. The van der Waals surface area contributed by atoms with E-state index in [0.717, 1.165) is 5.56 Å². The minimum atomic E-state index is -0.484. The van der Waals surface area contributed by atoms with E-state index in [2.05, 4.69) is 10.3 Å². The first kappa shape index (κ1) is 16.4. The van der Waals surface area contributed by atoms with Crippen molar-refractivity contribution in [2.75, 3.05) is 12.4 Å². The second-order valence-electron chi connectivity index (χ2n) is 5.08. The molecule has 0 fully saturated rings. The molecule has 0 aliphatic rings. The summed E-state index contributed by atoms with van der Waals surface area (Å²) in [7, 11) is 1.37. The number of esters is 1. The van der Waals surface area contributed by atoms with Gasteiger partial charge in [0.25, 0.3) is 0 Å². The zero-order valence-electron chi connectivity index (χ0n) is 12.9. The van der Waals surface area contributed by atoms with Crippen molar-refractivity contribution in [2.24, 2.45) is 5.92 Å². The molecular formula is C16H17N3O4. The highest BCUT2D eigenvalue weighted by molar-refractivity contribution is 5.72. The second kappa shape index (κ2) is 7.35. The Morgan fingerprint density at radius 1 is 1.35 bits per heavy atom. The largest absolute Gasteiger partial charge is 0.469 e. The Hall–Kier alpha value is -2.96. The summed E-state index contributed by atoms with van der Waals surface area (Å²) in [5, 5.41) is 13.9. The monoisotopic (exact) mass is 315 g/mol. The molecule has 0 amide bonds. The van der Waals surface area contributed by atoms with E-state index in [-0.39, 0.29) is 23.4 Å². The van der Waals surface area contributed by atoms with Crippen LogP contribution in [0.3, 0.4) is 0 Å². The van der Waals surface area contributed by atoms with E-state index in [1.807, 2.05) is 12.1 Å². The van der Waals surface area contributed by atoms with Crippen molar-refractivity contribution in [3.05, 3.63) is 58.3 Å². The summed E-state index contributed by atoms with van der Waals surface area (Å²) in [6.07, 6.45) is 2.05. The van der Waals surface area contributed by atoms with Crippen molar-refractivity contribution >= 4 is 23.2 Å². The SMILES string of the molecule is COC(=O)C(C)Cc1ccc(Nc2ncccc2[N+](=O)[O-])cc1. The van der Waals surface area contributed by atoms with E-state index in [9.17, 15) is 14.9 Å². The summed E-state index contributed by atoms with van der Waals surface area (Å²) in [4.78, 5) is 25.9. The number of nitro groups is 1. The summed E-state index contributed by atoms with van der Waals surface area (Å²) in [5.74, 6) is -0.292. The van der Waals surface area contributed by atoms with Crippen LogP contribution in [0.15, 0.2) is 42.6 Å². The third kappa shape index (κ3) is 4.26. The fourth-order valence-electron chi connectivity index (χ4n) is 2.14. The maximum atomic E-state index is 11.4. The number of rotatable bonds is 6. The lowest BCUT2D eigenvalue weighted by atomic mass is 10.0. The van der Waals surface area contributed by atoms with E-state index in [1.165, 1.54) is 25.4 Å². The molecule has 7 heteroatoms. The van der Waals surface area contributed by atoms with Crippen LogP contribution in [-0.4, -0.2) is 23.0 Å². The molecule has 0 bridgehead atoms. The summed E-state index contributed by atoms with van der Waals surface area (Å²) in [6.45, 7) is 1.80. The number of carbonyl (C=O) groups excluding carboxylic acids is 1. The van der Waals surface area contributed by atoms with Crippen LogP contribution in [0.25, 0.3) is 0 Å². The molecule has 1 atom stereocenters. The number of hydrogen-bond donors (Lipinski definition) is 1. The van der Waals surface area contributed by atoms with Gasteiger partial charge in [0.05, 0.1) is 18.0 Å². The molecule has 0 spiro atoms. The molecule has 0 saturated heterocycles. The van der Waals surface area contributed by atoms with Gasteiger partial charge in [0.15, 0.2) is 0 Å². The quantitative estimate of drug-likeness (QED) is 0.500. The molecule has 1 aromatic heterocycles. The first-order valence-electron chi connectivity index (χ1n) is 7.04. The highest BCUT2D eigenvalue weighted by Gasteiger charge is 2.15. The summed E-state index contributed by atoms with van der Waals surface area (Å²) >= 11 is 0. The van der Waals surface area contributed by atoms with Gasteiger partial charge in [-0.25, -0.2) is 4.98 Å². The zero-order valence-corrected chi connectivity index (χ0v) is 12.9. The number of benzene rings is 1. The van der Waals surface area contributed by atoms with Crippen LogP contribution >= 0.6 is 0 Å². The molecule has 1 N–H and O–H groups in total. The van der Waals surface area contributed by atoms with Gasteiger partial charge in [-0.2, -0.15) is 0 Å². The first-order valence-corrected chi connectivity index (χ1v) is 7.04. The van der Waals surface area contributed by atoms with E-state index < -0.39 is 4.92 Å². The first-order chi connectivity index (χ1) is 11.0. The number of pyridine rings is 1. The van der Waals surface area contributed by atoms with Crippen molar-refractivity contribution in [1.82, 2.24) is 4.98 Å². The van der Waals surface area contributed by atoms with Gasteiger partial charge in [0.2, 0.25) is 5.82 Å². The van der Waals surface area contributed by atoms with Gasteiger partial charge in [-0.3, -0.25) is 14.9 Å². The van der Waals surface area contributed by atoms with Crippen molar-refractivity contribution < 1.29 is 14.5 Å². The molecule has 120 valence electrons. The van der Waals surface area contributed by atoms with Gasteiger partial charge in [-0.1, -0.05) is 19.1 Å². The number of nitrogens with one attached hydrogen (secondary N) is 1. The normalized spacial score (nSPS) is 11.6. The molecule has 23 heavy (non-hydrogen) atoms.